The summed E-state index contributed by atoms with van der Waals surface area (Å²) in [6, 6.07) is 10.5. The molecule has 5 aromatic heterocycles. The number of methoxy groups -OCH3 is 1. The number of aromatic amines is 1. The van der Waals surface area contributed by atoms with Gasteiger partial charge in [-0.15, -0.1) is 5.10 Å². The van der Waals surface area contributed by atoms with Gasteiger partial charge in [0.25, 0.3) is 11.5 Å². The van der Waals surface area contributed by atoms with Crippen LogP contribution in [0, 0.1) is 39.3 Å². The van der Waals surface area contributed by atoms with Crippen LogP contribution in [0.1, 0.15) is 88.7 Å². The lowest BCUT2D eigenvalue weighted by molar-refractivity contribution is 0.0997. The first-order valence-corrected chi connectivity index (χ1v) is 27.8. The number of hydrogen-bond donors (Lipinski definition) is 4. The molecule has 66 heavy (non-hydrogen) atoms. The molecule has 0 atom stereocenters. The fourth-order valence-corrected chi connectivity index (χ4v) is 8.23. The maximum Gasteiger partial charge on any atom is 0.262 e. The highest BCUT2D eigenvalue weighted by molar-refractivity contribution is 15.0. The van der Waals surface area contributed by atoms with Crippen molar-refractivity contribution in [2.75, 3.05) is 59.7 Å². The zero-order chi connectivity index (χ0) is 48.4. The molecule has 0 bridgehead atoms. The van der Waals surface area contributed by atoms with Gasteiger partial charge < -0.3 is 36.1 Å². The molecule has 2 saturated heterocycles. The third-order valence-electron chi connectivity index (χ3n) is 11.6. The Balaban J connectivity index is 0.000000193. The number of rotatable bonds is 5. The third-order valence-corrected chi connectivity index (χ3v) is 11.6. The first kappa shape index (κ1) is 52.1. The Bertz CT molecular complexity index is 2840. The number of nitrogens with two attached hydrogens (primary N) is 2. The maximum atomic E-state index is 15.3. The summed E-state index contributed by atoms with van der Waals surface area (Å²) in [7, 11) is 5.73. The lowest BCUT2D eigenvalue weighted by atomic mass is 9.88. The number of anilines is 1. The molecular formula is C46H58F2I2N12O4. The van der Waals surface area contributed by atoms with E-state index in [4.69, 9.17) is 21.3 Å². The number of H-pyrrole nitrogens is 1. The topological polar surface area (TPSA) is 211 Å². The third kappa shape index (κ3) is 12.3. The predicted molar refractivity (Wildman–Crippen MR) is 272 cm³/mol. The fraction of sp³-hybridized carbons (Fsp3) is 0.413. The highest BCUT2D eigenvalue weighted by atomic mass is 128. The van der Waals surface area contributed by atoms with E-state index in [1.807, 2.05) is 59.3 Å². The molecular weight excluding hydrogens is 1080 g/mol. The van der Waals surface area contributed by atoms with Gasteiger partial charge in [0, 0.05) is 55.6 Å². The average Bonchev–Trinajstić information content (AvgIpc) is 3.91. The van der Waals surface area contributed by atoms with Crippen molar-refractivity contribution in [2.24, 2.45) is 5.73 Å². The van der Waals surface area contributed by atoms with Crippen LogP contribution in [0.15, 0.2) is 53.6 Å². The number of piperidine rings is 2. The molecule has 7 aromatic rings. The number of likely N-dealkylation sites (tertiary alicyclic amines) is 2. The molecule has 16 nitrogen and oxygen atoms in total. The number of nitrogens with one attached hydrogen (secondary N) is 1. The summed E-state index contributed by atoms with van der Waals surface area (Å²) in [6.07, 6.45) is 7.24. The van der Waals surface area contributed by atoms with Crippen LogP contribution in [0.25, 0.3) is 33.5 Å². The minimum Gasteiger partial charge on any atom is -0.480 e. The number of nitrogen functional groups attached to an aromatic ring is 1. The first-order valence-electron chi connectivity index (χ1n) is 21.5. The van der Waals surface area contributed by atoms with E-state index in [1.54, 1.807) is 47.3 Å². The van der Waals surface area contributed by atoms with Crippen LogP contribution in [0.2, 0.25) is 0 Å². The number of aryl methyl sites for hydroxylation is 4. The molecule has 0 spiro atoms. The maximum absolute atomic E-state index is 15.3. The van der Waals surface area contributed by atoms with E-state index in [2.05, 4.69) is 84.2 Å². The van der Waals surface area contributed by atoms with E-state index in [1.165, 1.54) is 0 Å². The summed E-state index contributed by atoms with van der Waals surface area (Å²) in [5, 5.41) is 16.3. The average molecular weight is 1130 g/mol. The van der Waals surface area contributed by atoms with Crippen molar-refractivity contribution in [3.63, 3.8) is 0 Å². The number of fused-ring (bicyclic) bond motifs is 3. The number of nitrogens with zero attached hydrogens (tertiary/aromatic N) is 9. The molecule has 0 unspecified atom stereocenters. The van der Waals surface area contributed by atoms with Crippen LogP contribution in [0.3, 0.4) is 0 Å². The van der Waals surface area contributed by atoms with Crippen LogP contribution in [-0.4, -0.2) is 114 Å². The largest absolute Gasteiger partial charge is 0.480 e. The monoisotopic (exact) mass is 1130 g/mol. The number of amides is 1. The Labute approximate surface area is 405 Å². The van der Waals surface area contributed by atoms with Gasteiger partial charge in [-0.05, 0) is 142 Å². The molecule has 20 heteroatoms. The van der Waals surface area contributed by atoms with Gasteiger partial charge >= 0.3 is 0 Å². The summed E-state index contributed by atoms with van der Waals surface area (Å²) in [5.41, 5.74) is 17.7. The number of aromatic nitrogens is 8. The van der Waals surface area contributed by atoms with Crippen LogP contribution in [0.5, 0.6) is 5.88 Å². The number of benzene rings is 2. The van der Waals surface area contributed by atoms with Gasteiger partial charge in [0.1, 0.15) is 22.7 Å². The molecule has 0 radical (unpaired) electrons. The van der Waals surface area contributed by atoms with Gasteiger partial charge in [-0.25, -0.2) is 22.8 Å². The number of carbonyl (C=O) groups is 1. The van der Waals surface area contributed by atoms with Crippen LogP contribution >= 0.6 is 37.2 Å². The second-order valence-corrected chi connectivity index (χ2v) is 16.4. The molecule has 9 rings (SSSR count). The van der Waals surface area contributed by atoms with Crippen molar-refractivity contribution >= 4 is 70.8 Å². The van der Waals surface area contributed by atoms with Gasteiger partial charge in [-0.3, -0.25) is 19.6 Å². The summed E-state index contributed by atoms with van der Waals surface area (Å²) in [5.74, 6) is -0.596. The van der Waals surface area contributed by atoms with E-state index >= 15 is 4.39 Å². The molecule has 0 aliphatic carbocycles. The van der Waals surface area contributed by atoms with Crippen molar-refractivity contribution in [3.8, 4) is 17.4 Å². The number of halogens is 4. The Hall–Kier alpha value is -4.91. The Morgan fingerprint density at radius 1 is 0.818 bits per heavy atom. The number of aliphatic hydroxyl groups excluding tert-OH is 1. The summed E-state index contributed by atoms with van der Waals surface area (Å²) < 4.78 is 38.1. The van der Waals surface area contributed by atoms with E-state index in [0.717, 1.165) is 85.7 Å². The van der Waals surface area contributed by atoms with E-state index in [0.29, 0.717) is 34.0 Å². The lowest BCUT2D eigenvalue weighted by Gasteiger charge is -2.29. The van der Waals surface area contributed by atoms with E-state index in [-0.39, 0.29) is 35.1 Å². The van der Waals surface area contributed by atoms with Gasteiger partial charge in [0.2, 0.25) is 5.88 Å². The van der Waals surface area contributed by atoms with Gasteiger partial charge in [0.05, 0.1) is 64.4 Å². The highest BCUT2D eigenvalue weighted by Crippen LogP contribution is 2.33. The summed E-state index contributed by atoms with van der Waals surface area (Å²) >= 11 is 4.24. The van der Waals surface area contributed by atoms with E-state index < -0.39 is 23.1 Å². The van der Waals surface area contributed by atoms with E-state index in [9.17, 15) is 14.0 Å². The molecule has 6 N–H and O–H groups in total. The number of primary amides is 1. The second kappa shape index (κ2) is 23.7. The van der Waals surface area contributed by atoms with Gasteiger partial charge in [0.15, 0.2) is 5.82 Å². The first-order chi connectivity index (χ1) is 31.5. The van der Waals surface area contributed by atoms with Crippen molar-refractivity contribution in [1.82, 2.24) is 49.0 Å². The molecule has 1 amide bonds. The van der Waals surface area contributed by atoms with Gasteiger partial charge in [-0.2, -0.15) is 5.10 Å². The number of carbonyl (C=O) groups excluding carboxylic acids is 1. The summed E-state index contributed by atoms with van der Waals surface area (Å²) in [4.78, 5) is 44.5. The predicted octanol–water partition coefficient (Wildman–Crippen LogP) is 7.64. The lowest BCUT2D eigenvalue weighted by Crippen LogP contribution is -2.30. The molecule has 2 fully saturated rings. The van der Waals surface area contributed by atoms with Crippen LogP contribution in [0.4, 0.5) is 14.5 Å². The summed E-state index contributed by atoms with van der Waals surface area (Å²) in [6.45, 7) is 13.4. The van der Waals surface area contributed by atoms with Crippen molar-refractivity contribution in [3.05, 3.63) is 110 Å². The number of aliphatic hydroxyl groups is 1. The van der Waals surface area contributed by atoms with Crippen molar-refractivity contribution < 1.29 is 23.4 Å². The van der Waals surface area contributed by atoms with Gasteiger partial charge in [-0.1, -0.05) is 12.1 Å². The molecule has 2 aromatic carbocycles. The smallest absolute Gasteiger partial charge is 0.262 e. The highest BCUT2D eigenvalue weighted by Gasteiger charge is 2.26. The Morgan fingerprint density at radius 2 is 1.30 bits per heavy atom. The molecule has 354 valence electrons. The van der Waals surface area contributed by atoms with Crippen molar-refractivity contribution in [1.29, 1.82) is 0 Å². The molecule has 0 saturated carbocycles. The molecule has 2 aliphatic rings. The van der Waals surface area contributed by atoms with Crippen LogP contribution in [-0.2, 0) is 0 Å². The van der Waals surface area contributed by atoms with Crippen molar-refractivity contribution in [2.45, 2.75) is 72.1 Å². The minimum absolute atomic E-state index is 0.0210. The number of hydrogen-bond acceptors (Lipinski definition) is 12. The zero-order valence-corrected chi connectivity index (χ0v) is 42.8. The number of ether oxygens (including phenoxy) is 1. The Morgan fingerprint density at radius 3 is 1.82 bits per heavy atom. The Kier molecular flexibility index (Phi) is 18.7. The normalized spacial score (nSPS) is 14.6. The standard InChI is InChI=1S/C22H23FN6O.C13H18FN3O.C9H11N3O.C2H6O.I2/c1-12-11-29-18(13(2)24-12)10-17(27-29)21-25-16-5-4-15(14-6-8-28(3)9-7-14)20(23)19(16)22(30)26-21;1-17-6-4-8(5-7-17)9-2-3-10(15)11(12(9)14)13(16)18;1-6-5-12-8(7(2)10-6)4-9(11-12)13-3;1-2-3;1-2/h4-5,10-11,14H,6-9H2,1-3H3,(H,25,26,30);2-3,8H,4-7,15H2,1H3,(H2,16,18);4-5H,1-3H3;3H,2H2,1H3;. The quantitative estimate of drug-likeness (QED) is 0.0968. The van der Waals surface area contributed by atoms with Crippen LogP contribution < -0.4 is 21.8 Å². The minimum atomic E-state index is -0.806. The second-order valence-electron chi connectivity index (χ2n) is 16.4. The zero-order valence-electron chi connectivity index (χ0n) is 38.5. The SMILES string of the molecule is CCO.CN1CCC(c2ccc(N)c(C(N)=O)c2F)CC1.COc1cc2c(C)nc(C)cn2n1.Cc1cn2nc(-c3nc4ccc(C5CCN(C)CC5)c(F)c4c(=O)[nH]3)cc2c(C)n1.II. The molecule has 7 heterocycles. The fourth-order valence-electron chi connectivity index (χ4n) is 8.23. The molecule has 2 aliphatic heterocycles.